The molecule has 0 saturated carbocycles. The van der Waals surface area contributed by atoms with E-state index in [4.69, 9.17) is 15.2 Å². The molecule has 1 amide bonds. The number of carbonyl (C=O) groups excluding carboxylic acids is 1. The highest BCUT2D eigenvalue weighted by molar-refractivity contribution is 5.78. The predicted molar refractivity (Wildman–Crippen MR) is 72.3 cm³/mol. The van der Waals surface area contributed by atoms with Gasteiger partial charge in [-0.3, -0.25) is 4.79 Å². The Hall–Kier alpha value is -1.59. The number of carbonyl (C=O) groups is 1. The number of benzene rings is 1. The highest BCUT2D eigenvalue weighted by atomic mass is 16.5. The van der Waals surface area contributed by atoms with Gasteiger partial charge in [0, 0.05) is 19.3 Å². The molecule has 1 aliphatic rings. The van der Waals surface area contributed by atoms with Crippen molar-refractivity contribution in [1.82, 2.24) is 4.90 Å². The van der Waals surface area contributed by atoms with Gasteiger partial charge in [-0.2, -0.15) is 0 Å². The molecular formula is C14H20N2O3. The van der Waals surface area contributed by atoms with Gasteiger partial charge < -0.3 is 20.1 Å². The molecule has 1 aliphatic heterocycles. The van der Waals surface area contributed by atoms with Crippen molar-refractivity contribution >= 4 is 11.6 Å². The summed E-state index contributed by atoms with van der Waals surface area (Å²) in [6.45, 7) is 3.06. The molecule has 0 spiro atoms. The third-order valence-electron chi connectivity index (χ3n) is 3.31. The SMILES string of the molecule is COCC1(C)CC(=O)N(Cc2ccccc2N)CO1. The van der Waals surface area contributed by atoms with Crippen LogP contribution in [-0.4, -0.2) is 36.9 Å². The lowest BCUT2D eigenvalue weighted by Crippen LogP contribution is -2.50. The molecule has 104 valence electrons. The van der Waals surface area contributed by atoms with E-state index in [1.807, 2.05) is 31.2 Å². The molecular weight excluding hydrogens is 244 g/mol. The van der Waals surface area contributed by atoms with E-state index in [0.29, 0.717) is 25.3 Å². The van der Waals surface area contributed by atoms with Crippen LogP contribution >= 0.6 is 0 Å². The zero-order chi connectivity index (χ0) is 13.9. The van der Waals surface area contributed by atoms with Gasteiger partial charge in [0.15, 0.2) is 0 Å². The summed E-state index contributed by atoms with van der Waals surface area (Å²) in [6.07, 6.45) is 0.327. The Bertz CT molecular complexity index is 464. The first-order chi connectivity index (χ1) is 9.04. The first-order valence-electron chi connectivity index (χ1n) is 6.28. The fourth-order valence-electron chi connectivity index (χ4n) is 2.20. The number of anilines is 1. The Morgan fingerprint density at radius 3 is 2.84 bits per heavy atom. The molecule has 1 heterocycles. The van der Waals surface area contributed by atoms with E-state index in [-0.39, 0.29) is 12.6 Å². The topological polar surface area (TPSA) is 64.8 Å². The van der Waals surface area contributed by atoms with Gasteiger partial charge >= 0.3 is 0 Å². The largest absolute Gasteiger partial charge is 0.398 e. The van der Waals surface area contributed by atoms with Crippen molar-refractivity contribution in [2.45, 2.75) is 25.5 Å². The molecule has 1 saturated heterocycles. The van der Waals surface area contributed by atoms with E-state index < -0.39 is 5.60 Å². The third kappa shape index (κ3) is 3.24. The lowest BCUT2D eigenvalue weighted by molar-refractivity contribution is -0.179. The molecule has 1 atom stereocenters. The minimum absolute atomic E-state index is 0.0639. The molecule has 19 heavy (non-hydrogen) atoms. The standard InChI is InChI=1S/C14H20N2O3/c1-14(9-18-2)7-13(17)16(10-19-14)8-11-5-3-4-6-12(11)15/h3-6H,7-10,15H2,1-2H3. The van der Waals surface area contributed by atoms with Gasteiger partial charge in [-0.1, -0.05) is 18.2 Å². The van der Waals surface area contributed by atoms with Crippen LogP contribution in [0.5, 0.6) is 0 Å². The van der Waals surface area contributed by atoms with Crippen LogP contribution in [0, 0.1) is 0 Å². The maximum Gasteiger partial charge on any atom is 0.227 e. The molecule has 2 N–H and O–H groups in total. The smallest absolute Gasteiger partial charge is 0.227 e. The summed E-state index contributed by atoms with van der Waals surface area (Å²) < 4.78 is 10.8. The van der Waals surface area contributed by atoms with Crippen LogP contribution in [0.15, 0.2) is 24.3 Å². The lowest BCUT2D eigenvalue weighted by Gasteiger charge is -2.38. The summed E-state index contributed by atoms with van der Waals surface area (Å²) in [5.74, 6) is 0.0639. The van der Waals surface area contributed by atoms with E-state index >= 15 is 0 Å². The van der Waals surface area contributed by atoms with E-state index in [0.717, 1.165) is 5.56 Å². The monoisotopic (exact) mass is 264 g/mol. The summed E-state index contributed by atoms with van der Waals surface area (Å²) >= 11 is 0. The van der Waals surface area contributed by atoms with Crippen molar-refractivity contribution in [3.05, 3.63) is 29.8 Å². The van der Waals surface area contributed by atoms with Crippen LogP contribution < -0.4 is 5.73 Å². The van der Waals surface area contributed by atoms with Crippen LogP contribution in [0.4, 0.5) is 5.69 Å². The van der Waals surface area contributed by atoms with Crippen molar-refractivity contribution in [1.29, 1.82) is 0 Å². The lowest BCUT2D eigenvalue weighted by atomic mass is 10.0. The molecule has 1 aromatic rings. The number of methoxy groups -OCH3 is 1. The Morgan fingerprint density at radius 2 is 2.21 bits per heavy atom. The van der Waals surface area contributed by atoms with Crippen LogP contribution in [0.1, 0.15) is 18.9 Å². The first-order valence-corrected chi connectivity index (χ1v) is 6.28. The minimum Gasteiger partial charge on any atom is -0.398 e. The van der Waals surface area contributed by atoms with E-state index in [1.54, 1.807) is 12.0 Å². The van der Waals surface area contributed by atoms with Gasteiger partial charge in [-0.25, -0.2) is 0 Å². The Morgan fingerprint density at radius 1 is 1.47 bits per heavy atom. The molecule has 2 rings (SSSR count). The predicted octanol–water partition coefficient (Wildman–Crippen LogP) is 1.38. The van der Waals surface area contributed by atoms with Gasteiger partial charge in [-0.15, -0.1) is 0 Å². The Kier molecular flexibility index (Phi) is 4.07. The quantitative estimate of drug-likeness (QED) is 0.834. The molecule has 5 nitrogen and oxygen atoms in total. The normalized spacial score (nSPS) is 23.7. The number of para-hydroxylation sites is 1. The molecule has 0 aromatic heterocycles. The number of ether oxygens (including phenoxy) is 2. The minimum atomic E-state index is -0.523. The van der Waals surface area contributed by atoms with Crippen LogP contribution in [0.2, 0.25) is 0 Å². The molecule has 1 fully saturated rings. The average Bonchev–Trinajstić information content (AvgIpc) is 2.35. The number of amides is 1. The Balaban J connectivity index is 2.01. The average molecular weight is 264 g/mol. The van der Waals surface area contributed by atoms with Gasteiger partial charge in [-0.05, 0) is 18.6 Å². The fourth-order valence-corrected chi connectivity index (χ4v) is 2.20. The van der Waals surface area contributed by atoms with Crippen molar-refractivity contribution in [2.75, 3.05) is 26.2 Å². The van der Waals surface area contributed by atoms with Crippen molar-refractivity contribution in [3.63, 3.8) is 0 Å². The van der Waals surface area contributed by atoms with Crippen molar-refractivity contribution < 1.29 is 14.3 Å². The molecule has 0 bridgehead atoms. The number of nitrogen functional groups attached to an aromatic ring is 1. The molecule has 0 radical (unpaired) electrons. The maximum atomic E-state index is 12.1. The number of rotatable bonds is 4. The van der Waals surface area contributed by atoms with Gasteiger partial charge in [0.1, 0.15) is 6.73 Å². The summed E-state index contributed by atoms with van der Waals surface area (Å²) in [7, 11) is 1.61. The highest BCUT2D eigenvalue weighted by Gasteiger charge is 2.36. The van der Waals surface area contributed by atoms with E-state index in [2.05, 4.69) is 0 Å². The van der Waals surface area contributed by atoms with Crippen LogP contribution in [-0.2, 0) is 20.8 Å². The zero-order valence-electron chi connectivity index (χ0n) is 11.4. The van der Waals surface area contributed by atoms with Gasteiger partial charge in [0.2, 0.25) is 5.91 Å². The molecule has 5 heteroatoms. The summed E-state index contributed by atoms with van der Waals surface area (Å²) in [5, 5.41) is 0. The maximum absolute atomic E-state index is 12.1. The summed E-state index contributed by atoms with van der Waals surface area (Å²) in [4.78, 5) is 13.8. The summed E-state index contributed by atoms with van der Waals surface area (Å²) in [5.41, 5.74) is 7.00. The second-order valence-corrected chi connectivity index (χ2v) is 5.12. The third-order valence-corrected chi connectivity index (χ3v) is 3.31. The van der Waals surface area contributed by atoms with E-state index in [1.165, 1.54) is 0 Å². The van der Waals surface area contributed by atoms with Crippen LogP contribution in [0.25, 0.3) is 0 Å². The molecule has 1 unspecified atom stereocenters. The highest BCUT2D eigenvalue weighted by Crippen LogP contribution is 2.25. The number of nitrogens with zero attached hydrogens (tertiary/aromatic N) is 1. The second-order valence-electron chi connectivity index (χ2n) is 5.12. The van der Waals surface area contributed by atoms with E-state index in [9.17, 15) is 4.79 Å². The molecule has 0 aliphatic carbocycles. The van der Waals surface area contributed by atoms with Gasteiger partial charge in [0.25, 0.3) is 0 Å². The zero-order valence-corrected chi connectivity index (χ0v) is 11.4. The van der Waals surface area contributed by atoms with Gasteiger partial charge in [0.05, 0.1) is 18.6 Å². The van der Waals surface area contributed by atoms with Crippen LogP contribution in [0.3, 0.4) is 0 Å². The second kappa shape index (κ2) is 5.59. The van der Waals surface area contributed by atoms with Crippen molar-refractivity contribution in [2.24, 2.45) is 0 Å². The summed E-state index contributed by atoms with van der Waals surface area (Å²) in [6, 6.07) is 7.55. The number of hydrogen-bond donors (Lipinski definition) is 1. The molecule has 1 aromatic carbocycles. The Labute approximate surface area is 113 Å². The number of nitrogens with two attached hydrogens (primary N) is 1. The number of hydrogen-bond acceptors (Lipinski definition) is 4. The fraction of sp³-hybridized carbons (Fsp3) is 0.500. The van der Waals surface area contributed by atoms with Crippen molar-refractivity contribution in [3.8, 4) is 0 Å². The first kappa shape index (κ1) is 13.8.